The molecule has 4 rings (SSSR count). The maximum Gasteiger partial charge on any atom is 0.419 e. The second kappa shape index (κ2) is 6.46. The van der Waals surface area contributed by atoms with Crippen LogP contribution in [0.25, 0.3) is 11.1 Å². The van der Waals surface area contributed by atoms with Crippen molar-refractivity contribution in [2.45, 2.75) is 24.3 Å². The Bertz CT molecular complexity index is 1170. The molecule has 0 saturated carbocycles. The van der Waals surface area contributed by atoms with Gasteiger partial charge in [0, 0.05) is 25.9 Å². The first-order valence-corrected chi connectivity index (χ1v) is 9.84. The molecule has 1 aliphatic rings. The fourth-order valence-electron chi connectivity index (χ4n) is 3.10. The van der Waals surface area contributed by atoms with Crippen LogP contribution in [0.15, 0.2) is 44.6 Å². The van der Waals surface area contributed by atoms with Crippen LogP contribution in [-0.2, 0) is 17.1 Å². The second-order valence-corrected chi connectivity index (χ2v) is 8.33. The molecule has 0 bridgehead atoms. The average Bonchev–Trinajstić information content (AvgIpc) is 3.20. The van der Waals surface area contributed by atoms with Gasteiger partial charge in [-0.15, -0.1) is 0 Å². The van der Waals surface area contributed by atoms with Gasteiger partial charge in [0.25, 0.3) is 0 Å². The van der Waals surface area contributed by atoms with Gasteiger partial charge in [-0.25, -0.2) is 18.2 Å². The number of benzene rings is 1. The largest absolute Gasteiger partial charge is 0.473 e. The van der Waals surface area contributed by atoms with Crippen LogP contribution in [-0.4, -0.2) is 46.5 Å². The third-order valence-electron chi connectivity index (χ3n) is 4.55. The van der Waals surface area contributed by atoms with Crippen LogP contribution in [0.4, 0.5) is 0 Å². The van der Waals surface area contributed by atoms with Crippen molar-refractivity contribution in [2.24, 2.45) is 7.05 Å². The van der Waals surface area contributed by atoms with E-state index >= 15 is 0 Å². The summed E-state index contributed by atoms with van der Waals surface area (Å²) in [5.74, 6) is 0.491. The zero-order chi connectivity index (χ0) is 19.2. The van der Waals surface area contributed by atoms with Crippen molar-refractivity contribution in [1.82, 2.24) is 18.8 Å². The van der Waals surface area contributed by atoms with E-state index in [-0.39, 0.29) is 17.5 Å². The Morgan fingerprint density at radius 2 is 2.11 bits per heavy atom. The van der Waals surface area contributed by atoms with Gasteiger partial charge in [0.05, 0.1) is 17.0 Å². The van der Waals surface area contributed by atoms with Crippen LogP contribution < -0.4 is 10.5 Å². The van der Waals surface area contributed by atoms with Gasteiger partial charge in [-0.3, -0.25) is 4.57 Å². The van der Waals surface area contributed by atoms with Gasteiger partial charge < -0.3 is 9.15 Å². The van der Waals surface area contributed by atoms with Gasteiger partial charge in [-0.1, -0.05) is 0 Å². The monoisotopic (exact) mass is 390 g/mol. The summed E-state index contributed by atoms with van der Waals surface area (Å²) < 4.78 is 39.5. The molecule has 0 unspecified atom stereocenters. The predicted octanol–water partition coefficient (Wildman–Crippen LogP) is 1.07. The van der Waals surface area contributed by atoms with E-state index in [0.717, 1.165) is 0 Å². The van der Waals surface area contributed by atoms with Crippen LogP contribution in [0, 0.1) is 6.92 Å². The van der Waals surface area contributed by atoms with Crippen molar-refractivity contribution in [3.05, 3.63) is 46.8 Å². The van der Waals surface area contributed by atoms with E-state index in [9.17, 15) is 13.2 Å². The van der Waals surface area contributed by atoms with Gasteiger partial charge in [-0.05, 0) is 31.5 Å². The SMILES string of the molecule is Cc1nccc(O[C@H]2CCN(S(=O)(=O)c3ccc4oc(=O)n(C)c4c3)C2)n1. The van der Waals surface area contributed by atoms with Crippen molar-refractivity contribution in [2.75, 3.05) is 13.1 Å². The molecule has 9 nitrogen and oxygen atoms in total. The highest BCUT2D eigenvalue weighted by atomic mass is 32.2. The van der Waals surface area contributed by atoms with E-state index in [2.05, 4.69) is 9.97 Å². The molecular formula is C17H18N4O5S. The number of hydrogen-bond donors (Lipinski definition) is 0. The van der Waals surface area contributed by atoms with Crippen LogP contribution in [0.2, 0.25) is 0 Å². The normalized spacial score (nSPS) is 18.2. The molecule has 1 saturated heterocycles. The molecule has 0 amide bonds. The fraction of sp³-hybridized carbons (Fsp3) is 0.353. The number of aromatic nitrogens is 3. The highest BCUT2D eigenvalue weighted by Crippen LogP contribution is 2.25. The number of ether oxygens (including phenoxy) is 1. The first-order valence-electron chi connectivity index (χ1n) is 8.40. The molecule has 0 spiro atoms. The summed E-state index contributed by atoms with van der Waals surface area (Å²) in [6.07, 6.45) is 1.89. The summed E-state index contributed by atoms with van der Waals surface area (Å²) in [5.41, 5.74) is 0.785. The molecule has 3 heterocycles. The maximum absolute atomic E-state index is 13.0. The van der Waals surface area contributed by atoms with Crippen LogP contribution in [0.3, 0.4) is 0 Å². The highest BCUT2D eigenvalue weighted by molar-refractivity contribution is 7.89. The Morgan fingerprint density at radius 1 is 1.30 bits per heavy atom. The van der Waals surface area contributed by atoms with E-state index in [1.54, 1.807) is 19.2 Å². The number of hydrogen-bond acceptors (Lipinski definition) is 7. The zero-order valence-electron chi connectivity index (χ0n) is 14.8. The Morgan fingerprint density at radius 3 is 2.89 bits per heavy atom. The van der Waals surface area contributed by atoms with Crippen LogP contribution in [0.1, 0.15) is 12.2 Å². The quantitative estimate of drug-likeness (QED) is 0.656. The van der Waals surface area contributed by atoms with E-state index in [1.165, 1.54) is 34.1 Å². The molecule has 2 aromatic heterocycles. The van der Waals surface area contributed by atoms with Gasteiger partial charge in [0.15, 0.2) is 5.58 Å². The average molecular weight is 390 g/mol. The second-order valence-electron chi connectivity index (χ2n) is 6.39. The maximum atomic E-state index is 13.0. The molecule has 10 heteroatoms. The minimum absolute atomic E-state index is 0.116. The third-order valence-corrected chi connectivity index (χ3v) is 6.41. The highest BCUT2D eigenvalue weighted by Gasteiger charge is 2.34. The topological polar surface area (TPSA) is 108 Å². The van der Waals surface area contributed by atoms with Gasteiger partial charge in [-0.2, -0.15) is 9.29 Å². The lowest BCUT2D eigenvalue weighted by Gasteiger charge is -2.17. The molecular weight excluding hydrogens is 372 g/mol. The molecule has 0 aliphatic carbocycles. The van der Waals surface area contributed by atoms with Gasteiger partial charge >= 0.3 is 5.76 Å². The standard InChI is InChI=1S/C17H18N4O5S/c1-11-18-7-5-16(19-11)25-12-6-8-21(10-12)27(23,24)13-3-4-15-14(9-13)20(2)17(22)26-15/h3-5,7,9,12H,6,8,10H2,1-2H3/t12-/m0/s1. The number of oxazole rings is 1. The van der Waals surface area contributed by atoms with E-state index in [1.807, 2.05) is 0 Å². The lowest BCUT2D eigenvalue weighted by Crippen LogP contribution is -2.31. The molecule has 0 radical (unpaired) electrons. The third kappa shape index (κ3) is 3.21. The molecule has 1 aromatic carbocycles. The van der Waals surface area contributed by atoms with Gasteiger partial charge in [0.2, 0.25) is 15.9 Å². The molecule has 1 aliphatic heterocycles. The van der Waals surface area contributed by atoms with Crippen LogP contribution >= 0.6 is 0 Å². The Hall–Kier alpha value is -2.72. The summed E-state index contributed by atoms with van der Waals surface area (Å²) in [4.78, 5) is 19.9. The summed E-state index contributed by atoms with van der Waals surface area (Å²) in [6.45, 7) is 2.34. The summed E-state index contributed by atoms with van der Waals surface area (Å²) in [5, 5.41) is 0. The Kier molecular flexibility index (Phi) is 4.23. The molecule has 27 heavy (non-hydrogen) atoms. The summed E-state index contributed by atoms with van der Waals surface area (Å²) in [7, 11) is -2.17. The minimum Gasteiger partial charge on any atom is -0.473 e. The predicted molar refractivity (Wildman–Crippen MR) is 96.0 cm³/mol. The summed E-state index contributed by atoms with van der Waals surface area (Å²) in [6, 6.07) is 6.05. The molecule has 0 N–H and O–H groups in total. The van der Waals surface area contributed by atoms with E-state index < -0.39 is 15.8 Å². The first-order chi connectivity index (χ1) is 12.8. The number of aryl methyl sites for hydroxylation is 2. The van der Waals surface area contributed by atoms with Crippen LogP contribution in [0.5, 0.6) is 5.88 Å². The molecule has 1 fully saturated rings. The first kappa shape index (κ1) is 17.7. The van der Waals surface area contributed by atoms with Gasteiger partial charge in [0.1, 0.15) is 11.9 Å². The van der Waals surface area contributed by atoms with Crippen molar-refractivity contribution in [3.63, 3.8) is 0 Å². The van der Waals surface area contributed by atoms with Crippen molar-refractivity contribution >= 4 is 21.1 Å². The van der Waals surface area contributed by atoms with E-state index in [0.29, 0.717) is 35.8 Å². The minimum atomic E-state index is -3.71. The number of rotatable bonds is 4. The Labute approximate surface area is 155 Å². The molecule has 3 aromatic rings. The number of fused-ring (bicyclic) bond motifs is 1. The molecule has 1 atom stereocenters. The lowest BCUT2D eigenvalue weighted by atomic mass is 10.3. The van der Waals surface area contributed by atoms with Crippen molar-refractivity contribution in [1.29, 1.82) is 0 Å². The smallest absolute Gasteiger partial charge is 0.419 e. The van der Waals surface area contributed by atoms with Crippen molar-refractivity contribution < 1.29 is 17.6 Å². The zero-order valence-corrected chi connectivity index (χ0v) is 15.6. The number of nitrogens with zero attached hydrogens (tertiary/aromatic N) is 4. The summed E-state index contributed by atoms with van der Waals surface area (Å²) >= 11 is 0. The fourth-order valence-corrected chi connectivity index (χ4v) is 4.61. The molecule has 142 valence electrons. The number of sulfonamides is 1. The van der Waals surface area contributed by atoms with Crippen molar-refractivity contribution in [3.8, 4) is 5.88 Å². The Balaban J connectivity index is 1.56. The van der Waals surface area contributed by atoms with E-state index in [4.69, 9.17) is 9.15 Å². The lowest BCUT2D eigenvalue weighted by molar-refractivity contribution is 0.206.